The summed E-state index contributed by atoms with van der Waals surface area (Å²) in [5, 5.41) is 2.16. The number of rotatable bonds is 2. The smallest absolute Gasteiger partial charge is 0.247 e. The van der Waals surface area contributed by atoms with Crippen molar-refractivity contribution in [2.24, 2.45) is 0 Å². The fourth-order valence-electron chi connectivity index (χ4n) is 2.07. The first-order chi connectivity index (χ1) is 9.45. The van der Waals surface area contributed by atoms with Gasteiger partial charge >= 0.3 is 0 Å². The van der Waals surface area contributed by atoms with E-state index in [2.05, 4.69) is 5.32 Å². The zero-order valence-electron chi connectivity index (χ0n) is 11.5. The maximum atomic E-state index is 11.9. The van der Waals surface area contributed by atoms with E-state index in [1.165, 1.54) is 11.0 Å². The summed E-state index contributed by atoms with van der Waals surface area (Å²) in [6.45, 7) is 3.81. The van der Waals surface area contributed by atoms with Crippen molar-refractivity contribution in [1.29, 1.82) is 0 Å². The summed E-state index contributed by atoms with van der Waals surface area (Å²) in [5.41, 5.74) is 3.17. The quantitative estimate of drug-likeness (QED) is 0.639. The highest BCUT2D eigenvalue weighted by atomic mass is 16.2. The molecule has 2 rings (SSSR count). The van der Waals surface area contributed by atoms with Gasteiger partial charge in [-0.25, -0.2) is 0 Å². The number of benzene rings is 1. The molecule has 1 aliphatic rings. The normalized spacial score (nSPS) is 15.6. The lowest BCUT2D eigenvalue weighted by molar-refractivity contribution is -0.143. The molecule has 1 aliphatic heterocycles. The molecule has 1 N–H and O–H groups in total. The molecule has 0 aromatic heterocycles. The number of amides is 3. The molecule has 0 spiro atoms. The lowest BCUT2D eigenvalue weighted by Gasteiger charge is -2.24. The fourth-order valence-corrected chi connectivity index (χ4v) is 2.07. The van der Waals surface area contributed by atoms with Gasteiger partial charge in [0.15, 0.2) is 0 Å². The zero-order chi connectivity index (χ0) is 14.7. The number of hydrogen-bond donors (Lipinski definition) is 1. The maximum Gasteiger partial charge on any atom is 0.247 e. The number of nitrogens with one attached hydrogen (secondary N) is 1. The Morgan fingerprint density at radius 1 is 1.20 bits per heavy atom. The van der Waals surface area contributed by atoms with E-state index in [0.717, 1.165) is 16.7 Å². The van der Waals surface area contributed by atoms with E-state index < -0.39 is 11.8 Å². The third-order valence-corrected chi connectivity index (χ3v) is 3.09. The van der Waals surface area contributed by atoms with Gasteiger partial charge in [0.1, 0.15) is 13.1 Å². The first-order valence-electron chi connectivity index (χ1n) is 6.32. The lowest BCUT2D eigenvalue weighted by Crippen LogP contribution is -2.52. The minimum Gasteiger partial charge on any atom is -0.321 e. The van der Waals surface area contributed by atoms with E-state index in [1.807, 2.05) is 32.0 Å². The molecular formula is C15H16N2O3. The summed E-state index contributed by atoms with van der Waals surface area (Å²) < 4.78 is 0. The Kier molecular flexibility index (Phi) is 3.98. The molecule has 20 heavy (non-hydrogen) atoms. The van der Waals surface area contributed by atoms with Crippen molar-refractivity contribution < 1.29 is 14.4 Å². The van der Waals surface area contributed by atoms with E-state index in [-0.39, 0.29) is 19.0 Å². The summed E-state index contributed by atoms with van der Waals surface area (Å²) in [6, 6.07) is 5.93. The molecule has 0 atom stereocenters. The van der Waals surface area contributed by atoms with E-state index in [4.69, 9.17) is 0 Å². The monoisotopic (exact) mass is 272 g/mol. The van der Waals surface area contributed by atoms with E-state index in [0.29, 0.717) is 0 Å². The van der Waals surface area contributed by atoms with Crippen LogP contribution in [0.15, 0.2) is 24.3 Å². The second kappa shape index (κ2) is 5.69. The summed E-state index contributed by atoms with van der Waals surface area (Å²) in [4.78, 5) is 35.6. The summed E-state index contributed by atoms with van der Waals surface area (Å²) in [5.74, 6) is -1.24. The Morgan fingerprint density at radius 3 is 2.45 bits per heavy atom. The highest BCUT2D eigenvalue weighted by molar-refractivity contribution is 6.04. The van der Waals surface area contributed by atoms with Crippen molar-refractivity contribution in [1.82, 2.24) is 10.2 Å². The molecule has 0 unspecified atom stereocenters. The molecule has 1 aromatic carbocycles. The van der Waals surface area contributed by atoms with Crippen molar-refractivity contribution >= 4 is 23.8 Å². The molecule has 3 amide bonds. The average molecular weight is 272 g/mol. The molecule has 1 fully saturated rings. The molecule has 0 radical (unpaired) electrons. The third-order valence-electron chi connectivity index (χ3n) is 3.09. The van der Waals surface area contributed by atoms with Gasteiger partial charge in [-0.05, 0) is 31.1 Å². The highest BCUT2D eigenvalue weighted by Crippen LogP contribution is 2.12. The zero-order valence-corrected chi connectivity index (χ0v) is 11.5. The van der Waals surface area contributed by atoms with Gasteiger partial charge in [-0.1, -0.05) is 23.8 Å². The van der Waals surface area contributed by atoms with Crippen LogP contribution >= 0.6 is 0 Å². The van der Waals surface area contributed by atoms with Crippen LogP contribution in [-0.2, 0) is 14.4 Å². The van der Waals surface area contributed by atoms with Gasteiger partial charge in [0, 0.05) is 6.08 Å². The Balaban J connectivity index is 2.08. The van der Waals surface area contributed by atoms with Crippen LogP contribution in [0, 0.1) is 13.8 Å². The van der Waals surface area contributed by atoms with Crippen LogP contribution in [0.4, 0.5) is 0 Å². The molecular weight excluding hydrogens is 256 g/mol. The minimum atomic E-state index is -0.450. The van der Waals surface area contributed by atoms with Crippen LogP contribution in [0.5, 0.6) is 0 Å². The predicted octanol–water partition coefficient (Wildman–Crippen LogP) is 0.802. The van der Waals surface area contributed by atoms with E-state index in [1.54, 1.807) is 6.08 Å². The van der Waals surface area contributed by atoms with Crippen molar-refractivity contribution in [2.45, 2.75) is 13.8 Å². The van der Waals surface area contributed by atoms with Crippen molar-refractivity contribution in [3.8, 4) is 0 Å². The summed E-state index contributed by atoms with van der Waals surface area (Å²) in [6.07, 6.45) is 3.09. The van der Waals surface area contributed by atoms with Crippen LogP contribution in [-0.4, -0.2) is 35.7 Å². The maximum absolute atomic E-state index is 11.9. The number of carbonyl (C=O) groups excluding carboxylic acids is 3. The molecule has 1 saturated heterocycles. The molecule has 104 valence electrons. The van der Waals surface area contributed by atoms with Crippen molar-refractivity contribution in [3.05, 3.63) is 41.0 Å². The number of nitrogens with zero attached hydrogens (tertiary/aromatic N) is 1. The Morgan fingerprint density at radius 2 is 1.85 bits per heavy atom. The molecule has 1 aromatic rings. The predicted molar refractivity (Wildman–Crippen MR) is 74.7 cm³/mol. The summed E-state index contributed by atoms with van der Waals surface area (Å²) in [7, 11) is 0. The first-order valence-corrected chi connectivity index (χ1v) is 6.32. The van der Waals surface area contributed by atoms with Gasteiger partial charge in [0.05, 0.1) is 0 Å². The van der Waals surface area contributed by atoms with E-state index >= 15 is 0 Å². The van der Waals surface area contributed by atoms with Gasteiger partial charge < -0.3 is 4.90 Å². The highest BCUT2D eigenvalue weighted by Gasteiger charge is 2.24. The average Bonchev–Trinajstić information content (AvgIpc) is 2.36. The Labute approximate surface area is 117 Å². The third kappa shape index (κ3) is 3.32. The van der Waals surface area contributed by atoms with E-state index in [9.17, 15) is 14.4 Å². The van der Waals surface area contributed by atoms with Gasteiger partial charge in [0.25, 0.3) is 0 Å². The second-order valence-corrected chi connectivity index (χ2v) is 4.86. The Hall–Kier alpha value is -2.43. The fraction of sp³-hybridized carbons (Fsp3) is 0.267. The lowest BCUT2D eigenvalue weighted by atomic mass is 10.1. The van der Waals surface area contributed by atoms with Crippen LogP contribution in [0.2, 0.25) is 0 Å². The number of piperazine rings is 1. The Bertz CT molecular complexity index is 589. The number of hydrogen-bond acceptors (Lipinski definition) is 3. The SMILES string of the molecule is Cc1ccc(C=CC(=O)N2CC(=O)NC(=O)C2)c(C)c1. The molecule has 5 heteroatoms. The minimum absolute atomic E-state index is 0.0816. The van der Waals surface area contributed by atoms with Crippen LogP contribution < -0.4 is 5.32 Å². The molecule has 0 aliphatic carbocycles. The molecule has 0 bridgehead atoms. The van der Waals surface area contributed by atoms with Gasteiger partial charge in [0.2, 0.25) is 17.7 Å². The molecule has 1 heterocycles. The van der Waals surface area contributed by atoms with Crippen molar-refractivity contribution in [2.75, 3.05) is 13.1 Å². The standard InChI is InChI=1S/C15H16N2O3/c1-10-3-4-12(11(2)7-10)5-6-15(20)17-8-13(18)16-14(19)9-17/h3-7H,8-9H2,1-2H3,(H,16,18,19). The molecule has 0 saturated carbocycles. The van der Waals surface area contributed by atoms with Gasteiger partial charge in [-0.3, -0.25) is 19.7 Å². The summed E-state index contributed by atoms with van der Waals surface area (Å²) >= 11 is 0. The number of aryl methyl sites for hydroxylation is 2. The van der Waals surface area contributed by atoms with Crippen LogP contribution in [0.25, 0.3) is 6.08 Å². The van der Waals surface area contributed by atoms with Crippen molar-refractivity contribution in [3.63, 3.8) is 0 Å². The topological polar surface area (TPSA) is 66.5 Å². The number of imide groups is 1. The molecule has 5 nitrogen and oxygen atoms in total. The second-order valence-electron chi connectivity index (χ2n) is 4.86. The first kappa shape index (κ1) is 14.0. The van der Waals surface area contributed by atoms with Gasteiger partial charge in [-0.15, -0.1) is 0 Å². The van der Waals surface area contributed by atoms with Crippen LogP contribution in [0.3, 0.4) is 0 Å². The van der Waals surface area contributed by atoms with Gasteiger partial charge in [-0.2, -0.15) is 0 Å². The van der Waals surface area contributed by atoms with Crippen LogP contribution in [0.1, 0.15) is 16.7 Å². The number of carbonyl (C=O) groups is 3. The largest absolute Gasteiger partial charge is 0.321 e.